The molecule has 0 bridgehead atoms. The Labute approximate surface area is 219 Å². The van der Waals surface area contributed by atoms with Crippen molar-refractivity contribution in [2.45, 2.75) is 30.2 Å². The van der Waals surface area contributed by atoms with Crippen molar-refractivity contribution in [3.8, 4) is 27.5 Å². The molecule has 0 fully saturated rings. The van der Waals surface area contributed by atoms with Crippen LogP contribution in [-0.4, -0.2) is 31.7 Å². The summed E-state index contributed by atoms with van der Waals surface area (Å²) in [5.41, 5.74) is 5.04. The standard InChI is InChI=1S/C24H18Cl2N4O3S2/c1-10-19(13-4-6-14(7-5-13)27-12(3)31)21(22(32)33)30(29-10)24-28-20-16-9-18(26)17(25)8-15(16)11(2)34-23(20)35-24/h4-9,11H,1-3H3,(H,27,31)(H,32,33). The van der Waals surface area contributed by atoms with Crippen LogP contribution in [0.25, 0.3) is 27.5 Å². The molecule has 1 atom stereocenters. The Hall–Kier alpha value is -2.85. The summed E-state index contributed by atoms with van der Waals surface area (Å²) in [6, 6.07) is 10.7. The lowest BCUT2D eigenvalue weighted by Gasteiger charge is -2.21. The summed E-state index contributed by atoms with van der Waals surface area (Å²) in [6.45, 7) is 5.28. The molecule has 2 aromatic carbocycles. The number of hydrogen-bond acceptors (Lipinski definition) is 6. The van der Waals surface area contributed by atoms with E-state index in [9.17, 15) is 14.7 Å². The van der Waals surface area contributed by atoms with Crippen LogP contribution in [0.4, 0.5) is 5.69 Å². The number of halogens is 2. The van der Waals surface area contributed by atoms with Gasteiger partial charge in [0.25, 0.3) is 0 Å². The molecular weight excluding hydrogens is 527 g/mol. The molecule has 0 radical (unpaired) electrons. The summed E-state index contributed by atoms with van der Waals surface area (Å²) < 4.78 is 2.35. The van der Waals surface area contributed by atoms with Crippen molar-refractivity contribution < 1.29 is 14.7 Å². The highest BCUT2D eigenvalue weighted by Crippen LogP contribution is 2.53. The van der Waals surface area contributed by atoms with Gasteiger partial charge < -0.3 is 10.4 Å². The summed E-state index contributed by atoms with van der Waals surface area (Å²) in [5.74, 6) is -1.30. The van der Waals surface area contributed by atoms with E-state index in [1.807, 2.05) is 12.1 Å². The zero-order valence-electron chi connectivity index (χ0n) is 18.7. The normalized spacial score (nSPS) is 14.4. The third-order valence-corrected chi connectivity index (χ3v) is 8.69. The fourth-order valence-electron chi connectivity index (χ4n) is 4.10. The van der Waals surface area contributed by atoms with Gasteiger partial charge in [0.2, 0.25) is 11.0 Å². The Morgan fingerprint density at radius 3 is 2.49 bits per heavy atom. The predicted octanol–water partition coefficient (Wildman–Crippen LogP) is 7.10. The van der Waals surface area contributed by atoms with Gasteiger partial charge in [-0.15, -0.1) is 11.8 Å². The number of carbonyl (C=O) groups excluding carboxylic acids is 1. The molecule has 3 heterocycles. The first kappa shape index (κ1) is 23.9. The lowest BCUT2D eigenvalue weighted by atomic mass is 10.0. The number of rotatable bonds is 4. The summed E-state index contributed by atoms with van der Waals surface area (Å²) in [6.07, 6.45) is 0. The molecule has 0 spiro atoms. The number of nitrogens with one attached hydrogen (secondary N) is 1. The smallest absolute Gasteiger partial charge is 0.355 e. The Bertz CT molecular complexity index is 1510. The molecule has 0 saturated heterocycles. The highest BCUT2D eigenvalue weighted by Gasteiger charge is 2.30. The lowest BCUT2D eigenvalue weighted by molar-refractivity contribution is -0.114. The van der Waals surface area contributed by atoms with E-state index in [1.54, 1.807) is 43.0 Å². The van der Waals surface area contributed by atoms with Gasteiger partial charge in [0.05, 0.1) is 25.6 Å². The van der Waals surface area contributed by atoms with Crippen LogP contribution in [0.5, 0.6) is 0 Å². The molecule has 1 aliphatic heterocycles. The lowest BCUT2D eigenvalue weighted by Crippen LogP contribution is -2.09. The number of carboxylic acids is 1. The van der Waals surface area contributed by atoms with E-state index in [1.165, 1.54) is 22.9 Å². The van der Waals surface area contributed by atoms with Crippen LogP contribution in [0.1, 0.15) is 40.8 Å². The summed E-state index contributed by atoms with van der Waals surface area (Å²) in [5, 5.41) is 18.9. The number of thiazole rings is 1. The second-order valence-corrected chi connectivity index (χ2v) is 11.4. The van der Waals surface area contributed by atoms with Crippen LogP contribution in [0.2, 0.25) is 10.0 Å². The molecule has 1 amide bonds. The summed E-state index contributed by atoms with van der Waals surface area (Å²) in [7, 11) is 0. The number of carboxylic acid groups (broad SMARTS) is 1. The number of amides is 1. The van der Waals surface area contributed by atoms with Crippen LogP contribution in [0.15, 0.2) is 40.6 Å². The van der Waals surface area contributed by atoms with E-state index in [4.69, 9.17) is 28.2 Å². The van der Waals surface area contributed by atoms with Crippen molar-refractivity contribution >= 4 is 63.9 Å². The maximum absolute atomic E-state index is 12.4. The highest BCUT2D eigenvalue weighted by atomic mass is 35.5. The maximum atomic E-state index is 12.4. The predicted molar refractivity (Wildman–Crippen MR) is 140 cm³/mol. The molecule has 2 N–H and O–H groups in total. The Morgan fingerprint density at radius 1 is 1.14 bits per heavy atom. The number of aryl methyl sites for hydroxylation is 1. The number of carbonyl (C=O) groups is 2. The number of hydrogen-bond donors (Lipinski definition) is 2. The topological polar surface area (TPSA) is 97.1 Å². The molecule has 1 aliphatic rings. The van der Waals surface area contributed by atoms with Gasteiger partial charge in [0.1, 0.15) is 0 Å². The van der Waals surface area contributed by atoms with Gasteiger partial charge in [0.15, 0.2) is 5.69 Å². The van der Waals surface area contributed by atoms with Gasteiger partial charge in [-0.2, -0.15) is 9.78 Å². The number of thioether (sulfide) groups is 1. The van der Waals surface area contributed by atoms with Crippen LogP contribution in [0, 0.1) is 6.92 Å². The first-order chi connectivity index (χ1) is 16.6. The largest absolute Gasteiger partial charge is 0.476 e. The average molecular weight is 545 g/mol. The van der Waals surface area contributed by atoms with Crippen molar-refractivity contribution in [3.63, 3.8) is 0 Å². The van der Waals surface area contributed by atoms with Gasteiger partial charge in [-0.05, 0) is 49.2 Å². The first-order valence-corrected chi connectivity index (χ1v) is 13.0. The highest BCUT2D eigenvalue weighted by molar-refractivity contribution is 8.01. The van der Waals surface area contributed by atoms with Crippen LogP contribution < -0.4 is 5.32 Å². The minimum atomic E-state index is -1.11. The zero-order valence-corrected chi connectivity index (χ0v) is 21.9. The van der Waals surface area contributed by atoms with Crippen LogP contribution in [0.3, 0.4) is 0 Å². The van der Waals surface area contributed by atoms with Gasteiger partial charge in [-0.1, -0.05) is 46.7 Å². The number of aromatic carboxylic acids is 1. The van der Waals surface area contributed by atoms with Crippen LogP contribution >= 0.6 is 46.3 Å². The molecular formula is C24H18Cl2N4O3S2. The maximum Gasteiger partial charge on any atom is 0.355 e. The van der Waals surface area contributed by atoms with Gasteiger partial charge in [-0.3, -0.25) is 4.79 Å². The first-order valence-electron chi connectivity index (χ1n) is 10.5. The minimum Gasteiger partial charge on any atom is -0.476 e. The number of fused-ring (bicyclic) bond motifs is 3. The third kappa shape index (κ3) is 4.23. The van der Waals surface area contributed by atoms with E-state index in [2.05, 4.69) is 17.3 Å². The molecule has 178 valence electrons. The number of benzene rings is 2. The quantitative estimate of drug-likeness (QED) is 0.284. The minimum absolute atomic E-state index is 0.0216. The Morgan fingerprint density at radius 2 is 1.83 bits per heavy atom. The van der Waals surface area contributed by atoms with E-state index in [0.717, 1.165) is 21.0 Å². The molecule has 0 saturated carbocycles. The van der Waals surface area contributed by atoms with Crippen molar-refractivity contribution in [1.29, 1.82) is 0 Å². The summed E-state index contributed by atoms with van der Waals surface area (Å²) in [4.78, 5) is 28.5. The fourth-order valence-corrected chi connectivity index (χ4v) is 6.96. The monoisotopic (exact) mass is 544 g/mol. The van der Waals surface area contributed by atoms with E-state index in [-0.39, 0.29) is 16.9 Å². The van der Waals surface area contributed by atoms with E-state index < -0.39 is 5.97 Å². The third-order valence-electron chi connectivity index (χ3n) is 5.59. The molecule has 0 aliphatic carbocycles. The zero-order chi connectivity index (χ0) is 25.0. The molecule has 35 heavy (non-hydrogen) atoms. The summed E-state index contributed by atoms with van der Waals surface area (Å²) >= 11 is 15.6. The van der Waals surface area contributed by atoms with Crippen molar-refractivity contribution in [3.05, 3.63) is 63.4 Å². The number of anilines is 1. The molecule has 11 heteroatoms. The Balaban J connectivity index is 1.63. The average Bonchev–Trinajstić information content (AvgIpc) is 3.36. The second-order valence-electron chi connectivity index (χ2n) is 8.03. The van der Waals surface area contributed by atoms with E-state index in [0.29, 0.717) is 37.7 Å². The van der Waals surface area contributed by atoms with Crippen molar-refractivity contribution in [1.82, 2.24) is 14.8 Å². The molecule has 5 rings (SSSR count). The van der Waals surface area contributed by atoms with Gasteiger partial charge >= 0.3 is 5.97 Å². The second kappa shape index (κ2) is 8.98. The fraction of sp³-hybridized carbons (Fsp3) is 0.167. The number of nitrogens with zero attached hydrogens (tertiary/aromatic N) is 3. The molecule has 7 nitrogen and oxygen atoms in total. The van der Waals surface area contributed by atoms with Crippen LogP contribution in [-0.2, 0) is 4.79 Å². The van der Waals surface area contributed by atoms with E-state index >= 15 is 0 Å². The Kier molecular flexibility index (Phi) is 6.13. The van der Waals surface area contributed by atoms with Crippen molar-refractivity contribution in [2.75, 3.05) is 5.32 Å². The van der Waals surface area contributed by atoms with Gasteiger partial charge in [0, 0.05) is 29.0 Å². The molecule has 4 aromatic rings. The molecule has 2 aromatic heterocycles. The number of aromatic nitrogens is 3. The van der Waals surface area contributed by atoms with Gasteiger partial charge in [-0.25, -0.2) is 9.78 Å². The van der Waals surface area contributed by atoms with Crippen molar-refractivity contribution in [2.24, 2.45) is 0 Å². The SMILES string of the molecule is CC(=O)Nc1ccc(-c2c(C)nn(-c3nc4c(s3)SC(C)c3cc(Cl)c(Cl)cc3-4)c2C(=O)O)cc1. The molecule has 1 unspecified atom stereocenters.